The van der Waals surface area contributed by atoms with Gasteiger partial charge >= 0.3 is 0 Å². The molecule has 102 valence electrons. The van der Waals surface area contributed by atoms with Crippen molar-refractivity contribution in [3.63, 3.8) is 0 Å². The zero-order valence-corrected chi connectivity index (χ0v) is 12.5. The third-order valence-electron chi connectivity index (χ3n) is 3.69. The summed E-state index contributed by atoms with van der Waals surface area (Å²) < 4.78 is 6.94. The average molecular weight is 271 g/mol. The van der Waals surface area contributed by atoms with E-state index in [2.05, 4.69) is 20.8 Å². The molecule has 0 atom stereocenters. The number of likely N-dealkylation sites (N-methyl/N-ethyl adjacent to an activating group) is 1. The Kier molecular flexibility index (Phi) is 6.51. The van der Waals surface area contributed by atoms with Crippen molar-refractivity contribution in [2.75, 3.05) is 32.8 Å². The van der Waals surface area contributed by atoms with Crippen molar-refractivity contribution in [1.29, 1.82) is 0 Å². The summed E-state index contributed by atoms with van der Waals surface area (Å²) in [5.41, 5.74) is 0. The number of nitrogens with zero attached hydrogens (tertiary/aromatic N) is 1. The van der Waals surface area contributed by atoms with Crippen molar-refractivity contribution >= 4 is 11.6 Å². The van der Waals surface area contributed by atoms with Gasteiger partial charge in [0.2, 0.25) is 0 Å². The van der Waals surface area contributed by atoms with Crippen LogP contribution in [0.15, 0.2) is 24.3 Å². The minimum atomic E-state index is 0.751. The van der Waals surface area contributed by atoms with Crippen molar-refractivity contribution in [2.45, 2.75) is 27.2 Å². The van der Waals surface area contributed by atoms with Gasteiger partial charge in [-0.15, -0.1) is 0 Å². The van der Waals surface area contributed by atoms with Crippen LogP contribution in [-0.4, -0.2) is 37.3 Å². The molecule has 0 unspecified atom stereocenters. The van der Waals surface area contributed by atoms with Crippen molar-refractivity contribution in [2.24, 2.45) is 0 Å². The van der Waals surface area contributed by atoms with E-state index in [0.717, 1.165) is 28.4 Å². The highest BCUT2D eigenvalue weighted by Gasteiger charge is 2.21. The number of quaternary nitrogens is 1. The lowest BCUT2D eigenvalue weighted by atomic mass is 10.3. The fraction of sp³-hybridized carbons (Fsp3) is 0.600. The second-order valence-electron chi connectivity index (χ2n) is 4.72. The van der Waals surface area contributed by atoms with Crippen molar-refractivity contribution in [3.8, 4) is 5.75 Å². The summed E-state index contributed by atoms with van der Waals surface area (Å²) in [5.74, 6) is 0.904. The zero-order valence-electron chi connectivity index (χ0n) is 11.8. The maximum Gasteiger partial charge on any atom is 0.137 e. The second-order valence-corrected chi connectivity index (χ2v) is 5.16. The Morgan fingerprint density at radius 2 is 1.61 bits per heavy atom. The first kappa shape index (κ1) is 15.3. The number of halogens is 1. The molecule has 3 heteroatoms. The summed E-state index contributed by atoms with van der Waals surface area (Å²) in [6.45, 7) is 12.2. The molecule has 1 aromatic carbocycles. The maximum absolute atomic E-state index is 5.85. The Morgan fingerprint density at radius 3 is 2.11 bits per heavy atom. The Morgan fingerprint density at radius 1 is 1.00 bits per heavy atom. The van der Waals surface area contributed by atoms with Gasteiger partial charge in [0.05, 0.1) is 19.6 Å². The SMILES string of the molecule is CCC[N+](CC)(CC)CCOc1ccc(Cl)cc1. The predicted molar refractivity (Wildman–Crippen MR) is 78.3 cm³/mol. The van der Waals surface area contributed by atoms with Crippen LogP contribution in [0.1, 0.15) is 27.2 Å². The summed E-state index contributed by atoms with van der Waals surface area (Å²) in [5, 5.41) is 0.751. The van der Waals surface area contributed by atoms with Gasteiger partial charge in [-0.1, -0.05) is 18.5 Å². The highest BCUT2D eigenvalue weighted by atomic mass is 35.5. The molecule has 0 spiro atoms. The number of rotatable bonds is 8. The number of ether oxygens (including phenoxy) is 1. The minimum Gasteiger partial charge on any atom is -0.488 e. The lowest BCUT2D eigenvalue weighted by Crippen LogP contribution is -2.50. The number of benzene rings is 1. The minimum absolute atomic E-state index is 0.751. The first-order valence-electron chi connectivity index (χ1n) is 6.89. The van der Waals surface area contributed by atoms with Crippen molar-refractivity contribution < 1.29 is 9.22 Å². The molecular formula is C15H25ClNO+. The molecule has 0 heterocycles. The Labute approximate surface area is 116 Å². The average Bonchev–Trinajstić information content (AvgIpc) is 2.40. The van der Waals surface area contributed by atoms with Gasteiger partial charge in [-0.25, -0.2) is 0 Å². The standard InChI is InChI=1S/C15H25ClNO/c1-4-11-17(5-2,6-3)12-13-18-15-9-7-14(16)8-10-15/h7-10H,4-6,11-13H2,1-3H3/q+1. The molecule has 0 bridgehead atoms. The summed E-state index contributed by atoms with van der Waals surface area (Å²) in [6, 6.07) is 7.58. The molecule has 0 N–H and O–H groups in total. The topological polar surface area (TPSA) is 9.23 Å². The molecule has 0 aliphatic rings. The summed E-state index contributed by atoms with van der Waals surface area (Å²) in [6.07, 6.45) is 1.22. The van der Waals surface area contributed by atoms with E-state index >= 15 is 0 Å². The van der Waals surface area contributed by atoms with E-state index in [1.165, 1.54) is 26.1 Å². The van der Waals surface area contributed by atoms with Gasteiger partial charge in [-0.05, 0) is 44.5 Å². The van der Waals surface area contributed by atoms with E-state index in [4.69, 9.17) is 16.3 Å². The monoisotopic (exact) mass is 270 g/mol. The highest BCUT2D eigenvalue weighted by Crippen LogP contribution is 2.16. The molecular weight excluding hydrogens is 246 g/mol. The quantitative estimate of drug-likeness (QED) is 0.649. The van der Waals surface area contributed by atoms with Crippen LogP contribution >= 0.6 is 11.6 Å². The second kappa shape index (κ2) is 7.65. The van der Waals surface area contributed by atoms with Crippen LogP contribution in [0.5, 0.6) is 5.75 Å². The molecule has 0 aliphatic carbocycles. The summed E-state index contributed by atoms with van der Waals surface area (Å²) in [7, 11) is 0. The van der Waals surface area contributed by atoms with Gasteiger partial charge in [-0.2, -0.15) is 0 Å². The van der Waals surface area contributed by atoms with Crippen molar-refractivity contribution in [3.05, 3.63) is 29.3 Å². The van der Waals surface area contributed by atoms with Gasteiger partial charge < -0.3 is 9.22 Å². The van der Waals surface area contributed by atoms with Gasteiger partial charge in [0, 0.05) is 5.02 Å². The third kappa shape index (κ3) is 4.51. The molecule has 1 aromatic rings. The van der Waals surface area contributed by atoms with Crippen LogP contribution in [-0.2, 0) is 0 Å². The smallest absolute Gasteiger partial charge is 0.137 e. The van der Waals surface area contributed by atoms with E-state index in [-0.39, 0.29) is 0 Å². The molecule has 0 aromatic heterocycles. The van der Waals surface area contributed by atoms with Gasteiger partial charge in [0.25, 0.3) is 0 Å². The highest BCUT2D eigenvalue weighted by molar-refractivity contribution is 6.30. The normalized spacial score (nSPS) is 11.6. The molecule has 1 rings (SSSR count). The Balaban J connectivity index is 2.45. The number of hydrogen-bond donors (Lipinski definition) is 0. The van der Waals surface area contributed by atoms with E-state index in [9.17, 15) is 0 Å². The van der Waals surface area contributed by atoms with Crippen LogP contribution < -0.4 is 4.74 Å². The van der Waals surface area contributed by atoms with Crippen molar-refractivity contribution in [1.82, 2.24) is 0 Å². The van der Waals surface area contributed by atoms with Crippen LogP contribution in [0, 0.1) is 0 Å². The molecule has 0 aliphatic heterocycles. The van der Waals surface area contributed by atoms with Gasteiger partial charge in [-0.3, -0.25) is 0 Å². The summed E-state index contributed by atoms with van der Waals surface area (Å²) >= 11 is 5.85. The molecule has 0 fully saturated rings. The van der Waals surface area contributed by atoms with Crippen LogP contribution in [0.4, 0.5) is 0 Å². The van der Waals surface area contributed by atoms with E-state index in [0.29, 0.717) is 0 Å². The van der Waals surface area contributed by atoms with Gasteiger partial charge in [0.15, 0.2) is 0 Å². The largest absolute Gasteiger partial charge is 0.488 e. The van der Waals surface area contributed by atoms with Crippen LogP contribution in [0.3, 0.4) is 0 Å². The summed E-state index contributed by atoms with van der Waals surface area (Å²) in [4.78, 5) is 0. The van der Waals surface area contributed by atoms with Gasteiger partial charge in [0.1, 0.15) is 18.9 Å². The van der Waals surface area contributed by atoms with Crippen LogP contribution in [0.2, 0.25) is 5.02 Å². The van der Waals surface area contributed by atoms with Crippen LogP contribution in [0.25, 0.3) is 0 Å². The molecule has 0 amide bonds. The predicted octanol–water partition coefficient (Wildman–Crippen LogP) is 3.99. The fourth-order valence-corrected chi connectivity index (χ4v) is 2.46. The van der Waals surface area contributed by atoms with E-state index in [1.54, 1.807) is 0 Å². The Hall–Kier alpha value is -0.730. The molecule has 0 saturated heterocycles. The van der Waals surface area contributed by atoms with E-state index in [1.807, 2.05) is 24.3 Å². The lowest BCUT2D eigenvalue weighted by Gasteiger charge is -2.36. The third-order valence-corrected chi connectivity index (χ3v) is 3.94. The fourth-order valence-electron chi connectivity index (χ4n) is 2.33. The maximum atomic E-state index is 5.85. The Bertz CT molecular complexity index is 333. The first-order valence-corrected chi connectivity index (χ1v) is 7.27. The molecule has 2 nitrogen and oxygen atoms in total. The number of hydrogen-bond acceptors (Lipinski definition) is 1. The van der Waals surface area contributed by atoms with E-state index < -0.39 is 0 Å². The molecule has 0 radical (unpaired) electrons. The molecule has 18 heavy (non-hydrogen) atoms. The molecule has 0 saturated carbocycles. The first-order chi connectivity index (χ1) is 8.65. The lowest BCUT2D eigenvalue weighted by molar-refractivity contribution is -0.924. The zero-order chi connectivity index (χ0) is 13.4.